The molecule has 0 radical (unpaired) electrons. The maximum absolute atomic E-state index is 12.0. The van der Waals surface area contributed by atoms with E-state index in [9.17, 15) is 13.9 Å². The number of alkyl halides is 2. The van der Waals surface area contributed by atoms with Crippen molar-refractivity contribution in [3.8, 4) is 11.5 Å². The third-order valence-corrected chi connectivity index (χ3v) is 2.86. The summed E-state index contributed by atoms with van der Waals surface area (Å²) in [5.41, 5.74) is 1.81. The number of rotatable bonds is 5. The molecule has 0 aromatic heterocycles. The molecule has 0 fully saturated rings. The van der Waals surface area contributed by atoms with Gasteiger partial charge in [0.05, 0.1) is 0 Å². The summed E-state index contributed by atoms with van der Waals surface area (Å²) >= 11 is 0. The van der Waals surface area contributed by atoms with Crippen molar-refractivity contribution in [2.24, 2.45) is 0 Å². The third kappa shape index (κ3) is 3.85. The van der Waals surface area contributed by atoms with Gasteiger partial charge in [0.15, 0.2) is 0 Å². The molecule has 0 amide bonds. The summed E-state index contributed by atoms with van der Waals surface area (Å²) in [7, 11) is 0. The topological polar surface area (TPSA) is 41.5 Å². The van der Waals surface area contributed by atoms with Crippen molar-refractivity contribution in [2.75, 3.05) is 5.32 Å². The highest BCUT2D eigenvalue weighted by Crippen LogP contribution is 2.23. The van der Waals surface area contributed by atoms with Crippen LogP contribution in [-0.4, -0.2) is 11.7 Å². The highest BCUT2D eigenvalue weighted by atomic mass is 19.3. The molecule has 1 unspecified atom stereocenters. The van der Waals surface area contributed by atoms with Crippen molar-refractivity contribution in [1.82, 2.24) is 0 Å². The molecule has 0 bridgehead atoms. The number of hydrogen-bond donors (Lipinski definition) is 2. The van der Waals surface area contributed by atoms with Gasteiger partial charge in [-0.2, -0.15) is 8.78 Å². The number of phenols is 1. The molecule has 2 N–H and O–H groups in total. The van der Waals surface area contributed by atoms with Crippen LogP contribution >= 0.6 is 0 Å². The Balaban J connectivity index is 2.01. The molecule has 3 nitrogen and oxygen atoms in total. The molecule has 106 valence electrons. The number of phenolic OH excluding ortho intramolecular Hbond substituents is 1. The maximum Gasteiger partial charge on any atom is 0.387 e. The summed E-state index contributed by atoms with van der Waals surface area (Å²) in [5, 5.41) is 12.5. The molecule has 5 heteroatoms. The van der Waals surface area contributed by atoms with Gasteiger partial charge in [0, 0.05) is 11.7 Å². The van der Waals surface area contributed by atoms with E-state index in [4.69, 9.17) is 0 Å². The molecule has 2 aromatic carbocycles. The predicted octanol–water partition coefficient (Wildman–Crippen LogP) is 4.17. The molecule has 2 aromatic rings. The Bertz CT molecular complexity index is 541. The number of anilines is 1. The van der Waals surface area contributed by atoms with Crippen molar-refractivity contribution in [1.29, 1.82) is 0 Å². The normalized spacial score (nSPS) is 12.2. The Morgan fingerprint density at radius 1 is 1.00 bits per heavy atom. The summed E-state index contributed by atoms with van der Waals surface area (Å²) in [6.07, 6.45) is 0. The van der Waals surface area contributed by atoms with Crippen LogP contribution in [0.1, 0.15) is 18.5 Å². The van der Waals surface area contributed by atoms with Gasteiger partial charge in [-0.15, -0.1) is 0 Å². The van der Waals surface area contributed by atoms with Crippen LogP contribution in [0, 0.1) is 0 Å². The molecule has 0 saturated heterocycles. The van der Waals surface area contributed by atoms with Gasteiger partial charge < -0.3 is 15.2 Å². The average molecular weight is 279 g/mol. The first-order chi connectivity index (χ1) is 9.54. The Labute approximate surface area is 115 Å². The summed E-state index contributed by atoms with van der Waals surface area (Å²) < 4.78 is 28.4. The van der Waals surface area contributed by atoms with E-state index in [0.717, 1.165) is 11.3 Å². The number of benzene rings is 2. The second-order valence-corrected chi connectivity index (χ2v) is 4.36. The molecule has 2 rings (SSSR count). The van der Waals surface area contributed by atoms with Crippen molar-refractivity contribution in [3.05, 3.63) is 54.1 Å². The standard InChI is InChI=1S/C15H15F2NO2/c1-10(18-12-4-6-13(19)7-5-12)11-2-8-14(9-3-11)20-15(16)17/h2-10,15,18-19H,1H3. The summed E-state index contributed by atoms with van der Waals surface area (Å²) in [6.45, 7) is -0.857. The lowest BCUT2D eigenvalue weighted by Gasteiger charge is -2.16. The second-order valence-electron chi connectivity index (χ2n) is 4.36. The van der Waals surface area contributed by atoms with E-state index in [1.165, 1.54) is 12.1 Å². The van der Waals surface area contributed by atoms with E-state index in [1.807, 2.05) is 6.92 Å². The van der Waals surface area contributed by atoms with Crippen molar-refractivity contribution < 1.29 is 18.6 Å². The van der Waals surface area contributed by atoms with Gasteiger partial charge in [0.1, 0.15) is 11.5 Å². The van der Waals surface area contributed by atoms with Gasteiger partial charge in [-0.1, -0.05) is 12.1 Å². The van der Waals surface area contributed by atoms with Crippen LogP contribution in [0.4, 0.5) is 14.5 Å². The van der Waals surface area contributed by atoms with E-state index in [-0.39, 0.29) is 17.5 Å². The van der Waals surface area contributed by atoms with E-state index in [1.54, 1.807) is 36.4 Å². The van der Waals surface area contributed by atoms with Crippen LogP contribution in [0.25, 0.3) is 0 Å². The minimum Gasteiger partial charge on any atom is -0.508 e. The van der Waals surface area contributed by atoms with Crippen LogP contribution < -0.4 is 10.1 Å². The molecular weight excluding hydrogens is 264 g/mol. The van der Waals surface area contributed by atoms with Gasteiger partial charge in [0.25, 0.3) is 0 Å². The molecule has 0 aliphatic heterocycles. The van der Waals surface area contributed by atoms with Gasteiger partial charge >= 0.3 is 6.61 Å². The largest absolute Gasteiger partial charge is 0.508 e. The molecule has 20 heavy (non-hydrogen) atoms. The number of hydrogen-bond acceptors (Lipinski definition) is 3. The Hall–Kier alpha value is -2.30. The number of aromatic hydroxyl groups is 1. The molecule has 0 saturated carbocycles. The van der Waals surface area contributed by atoms with E-state index >= 15 is 0 Å². The minimum atomic E-state index is -2.81. The van der Waals surface area contributed by atoms with Gasteiger partial charge in [-0.3, -0.25) is 0 Å². The van der Waals surface area contributed by atoms with Crippen molar-refractivity contribution in [3.63, 3.8) is 0 Å². The van der Waals surface area contributed by atoms with Crippen LogP contribution in [0.2, 0.25) is 0 Å². The third-order valence-electron chi connectivity index (χ3n) is 2.86. The smallest absolute Gasteiger partial charge is 0.387 e. The summed E-state index contributed by atoms with van der Waals surface area (Å²) in [5.74, 6) is 0.345. The lowest BCUT2D eigenvalue weighted by Crippen LogP contribution is -2.07. The van der Waals surface area contributed by atoms with Gasteiger partial charge in [-0.25, -0.2) is 0 Å². The molecule has 0 heterocycles. The molecule has 0 aliphatic rings. The fourth-order valence-electron chi connectivity index (χ4n) is 1.83. The number of ether oxygens (including phenoxy) is 1. The summed E-state index contributed by atoms with van der Waals surface area (Å²) in [4.78, 5) is 0. The second kappa shape index (κ2) is 6.23. The zero-order valence-electron chi connectivity index (χ0n) is 10.9. The Kier molecular flexibility index (Phi) is 4.40. The van der Waals surface area contributed by atoms with Gasteiger partial charge in [0.2, 0.25) is 0 Å². The monoisotopic (exact) mass is 279 g/mol. The van der Waals surface area contributed by atoms with E-state index < -0.39 is 6.61 Å². The van der Waals surface area contributed by atoms with E-state index in [0.29, 0.717) is 0 Å². The molecule has 1 atom stereocenters. The Morgan fingerprint density at radius 2 is 1.60 bits per heavy atom. The number of nitrogens with one attached hydrogen (secondary N) is 1. The highest BCUT2D eigenvalue weighted by Gasteiger charge is 2.07. The fraction of sp³-hybridized carbons (Fsp3) is 0.200. The van der Waals surface area contributed by atoms with Crippen molar-refractivity contribution >= 4 is 5.69 Å². The Morgan fingerprint density at radius 3 is 2.15 bits per heavy atom. The van der Waals surface area contributed by atoms with Crippen molar-refractivity contribution in [2.45, 2.75) is 19.6 Å². The SMILES string of the molecule is CC(Nc1ccc(O)cc1)c1ccc(OC(F)F)cc1. The van der Waals surface area contributed by atoms with Crippen LogP contribution in [-0.2, 0) is 0 Å². The summed E-state index contributed by atoms with van der Waals surface area (Å²) in [6, 6.07) is 13.2. The molecule has 0 spiro atoms. The highest BCUT2D eigenvalue weighted by molar-refractivity contribution is 5.48. The first-order valence-corrected chi connectivity index (χ1v) is 6.15. The molecular formula is C15H15F2NO2. The average Bonchev–Trinajstić information content (AvgIpc) is 2.41. The van der Waals surface area contributed by atoms with Crippen LogP contribution in [0.15, 0.2) is 48.5 Å². The lowest BCUT2D eigenvalue weighted by molar-refractivity contribution is -0.0498. The predicted molar refractivity (Wildman–Crippen MR) is 73.2 cm³/mol. The zero-order valence-corrected chi connectivity index (χ0v) is 10.9. The first kappa shape index (κ1) is 14.1. The molecule has 0 aliphatic carbocycles. The first-order valence-electron chi connectivity index (χ1n) is 6.15. The van der Waals surface area contributed by atoms with Gasteiger partial charge in [-0.05, 0) is 48.9 Å². The maximum atomic E-state index is 12.0. The lowest BCUT2D eigenvalue weighted by atomic mass is 10.1. The van der Waals surface area contributed by atoms with E-state index in [2.05, 4.69) is 10.1 Å². The number of halogens is 2. The fourth-order valence-corrected chi connectivity index (χ4v) is 1.83. The zero-order chi connectivity index (χ0) is 14.5. The minimum absolute atomic E-state index is 0.000132. The van der Waals surface area contributed by atoms with Crippen LogP contribution in [0.5, 0.6) is 11.5 Å². The van der Waals surface area contributed by atoms with Crippen LogP contribution in [0.3, 0.4) is 0 Å². The quantitative estimate of drug-likeness (QED) is 0.807.